The molecule has 1 amide bonds. The Kier molecular flexibility index (Phi) is 10.7. The highest BCUT2D eigenvalue weighted by molar-refractivity contribution is 6.00. The molecule has 0 aliphatic carbocycles. The molecule has 0 saturated carbocycles. The first-order valence-electron chi connectivity index (χ1n) is 13.1. The van der Waals surface area contributed by atoms with Crippen molar-refractivity contribution in [2.75, 3.05) is 34.0 Å². The monoisotopic (exact) mass is 557 g/mol. The summed E-state index contributed by atoms with van der Waals surface area (Å²) in [5.74, 6) is 1.31. The average molecular weight is 558 g/mol. The number of nitrogens with zero attached hydrogens (tertiary/aromatic N) is 1. The Bertz CT molecular complexity index is 1150. The van der Waals surface area contributed by atoms with Gasteiger partial charge in [0.25, 0.3) is 5.91 Å². The predicted molar refractivity (Wildman–Crippen MR) is 148 cm³/mol. The molecule has 0 radical (unpaired) electrons. The summed E-state index contributed by atoms with van der Waals surface area (Å²) in [7, 11) is 3.13. The number of rotatable bonds is 14. The molecule has 0 unspecified atom stereocenters. The van der Waals surface area contributed by atoms with Gasteiger partial charge in [0.1, 0.15) is 29.5 Å². The third kappa shape index (κ3) is 8.85. The Morgan fingerprint density at radius 1 is 1.05 bits per heavy atom. The van der Waals surface area contributed by atoms with Gasteiger partial charge in [-0.15, -0.1) is 0 Å². The maximum Gasteiger partial charge on any atom is 0.306 e. The topological polar surface area (TPSA) is 137 Å². The number of carbonyl (C=O) groups excluding carboxylic acids is 2. The Morgan fingerprint density at radius 2 is 1.73 bits per heavy atom. The molecule has 0 spiro atoms. The lowest BCUT2D eigenvalue weighted by Gasteiger charge is -2.24. The zero-order valence-corrected chi connectivity index (χ0v) is 23.7. The van der Waals surface area contributed by atoms with E-state index < -0.39 is 23.0 Å². The van der Waals surface area contributed by atoms with Gasteiger partial charge in [0.2, 0.25) is 5.90 Å². The number of benzene rings is 2. The summed E-state index contributed by atoms with van der Waals surface area (Å²) >= 11 is 0. The van der Waals surface area contributed by atoms with Crippen molar-refractivity contribution in [2.45, 2.75) is 57.7 Å². The summed E-state index contributed by atoms with van der Waals surface area (Å²) in [6.07, 6.45) is 0.607. The highest BCUT2D eigenvalue weighted by atomic mass is 16.6. The van der Waals surface area contributed by atoms with Crippen LogP contribution in [0.3, 0.4) is 0 Å². The molecular weight excluding hydrogens is 518 g/mol. The van der Waals surface area contributed by atoms with Gasteiger partial charge in [-0.25, -0.2) is 10.4 Å². The van der Waals surface area contributed by atoms with Crippen LogP contribution in [-0.4, -0.2) is 68.1 Å². The Balaban J connectivity index is 1.74. The minimum atomic E-state index is -1.35. The van der Waals surface area contributed by atoms with Crippen molar-refractivity contribution in [3.8, 4) is 17.2 Å². The molecule has 11 heteroatoms. The van der Waals surface area contributed by atoms with Crippen LogP contribution in [-0.2, 0) is 25.6 Å². The fourth-order valence-electron chi connectivity index (χ4n) is 3.91. The minimum absolute atomic E-state index is 0.0183. The number of hydrogen-bond donors (Lipinski definition) is 3. The standard InChI is InChI=1S/C29H39N3O8/c1-28(2,3)40-25(34)11-12-29(27(35)32-30-18-20-15-23(36-4)17-24(16-20)37-5)19-39-26(31-29)21-7-9-22(10-8-21)38-14-6-13-33/h7-10,15-17,30,33H,6,11-14,18-19H2,1-5H3,(H,32,35)/t29-/m0/s1. The molecule has 3 rings (SSSR count). The van der Waals surface area contributed by atoms with Gasteiger partial charge in [-0.3, -0.25) is 15.0 Å². The van der Waals surface area contributed by atoms with Gasteiger partial charge in [-0.05, 0) is 69.2 Å². The molecule has 11 nitrogen and oxygen atoms in total. The predicted octanol–water partition coefficient (Wildman–Crippen LogP) is 2.92. The molecule has 0 fully saturated rings. The summed E-state index contributed by atoms with van der Waals surface area (Å²) in [5.41, 5.74) is 5.15. The first-order chi connectivity index (χ1) is 19.1. The highest BCUT2D eigenvalue weighted by Crippen LogP contribution is 2.29. The molecule has 0 aromatic heterocycles. The van der Waals surface area contributed by atoms with E-state index in [4.69, 9.17) is 28.8 Å². The van der Waals surface area contributed by atoms with Crippen LogP contribution in [0.1, 0.15) is 51.2 Å². The number of ether oxygens (including phenoxy) is 5. The number of carbonyl (C=O) groups is 2. The maximum atomic E-state index is 13.5. The number of nitrogens with one attached hydrogen (secondary N) is 2. The molecule has 0 saturated heterocycles. The maximum absolute atomic E-state index is 13.5. The number of aliphatic hydroxyl groups is 1. The van der Waals surface area contributed by atoms with Gasteiger partial charge in [-0.1, -0.05) is 0 Å². The Labute approximate surface area is 234 Å². The zero-order valence-electron chi connectivity index (χ0n) is 23.7. The lowest BCUT2D eigenvalue weighted by atomic mass is 9.94. The number of hydrogen-bond acceptors (Lipinski definition) is 10. The van der Waals surface area contributed by atoms with E-state index >= 15 is 0 Å². The second-order valence-electron chi connectivity index (χ2n) is 10.3. The van der Waals surface area contributed by atoms with Crippen molar-refractivity contribution in [2.24, 2.45) is 4.99 Å². The number of hydrazine groups is 1. The third-order valence-corrected chi connectivity index (χ3v) is 5.93. The third-order valence-electron chi connectivity index (χ3n) is 5.93. The Hall–Kier alpha value is -3.83. The molecule has 2 aromatic carbocycles. The van der Waals surface area contributed by atoms with Crippen molar-refractivity contribution in [1.29, 1.82) is 0 Å². The first kappa shape index (κ1) is 30.7. The van der Waals surface area contributed by atoms with Gasteiger partial charge in [0.15, 0.2) is 5.54 Å². The fourth-order valence-corrected chi connectivity index (χ4v) is 3.91. The number of aliphatic hydroxyl groups excluding tert-OH is 1. The van der Waals surface area contributed by atoms with Gasteiger partial charge < -0.3 is 28.8 Å². The summed E-state index contributed by atoms with van der Waals surface area (Å²) in [4.78, 5) is 30.6. The minimum Gasteiger partial charge on any atom is -0.497 e. The van der Waals surface area contributed by atoms with Gasteiger partial charge in [0, 0.05) is 37.6 Å². The molecule has 0 bridgehead atoms. The molecule has 3 N–H and O–H groups in total. The van der Waals surface area contributed by atoms with E-state index in [0.29, 0.717) is 41.7 Å². The normalized spacial score (nSPS) is 16.5. The van der Waals surface area contributed by atoms with Crippen LogP contribution in [0.15, 0.2) is 47.5 Å². The summed E-state index contributed by atoms with van der Waals surface area (Å²) < 4.78 is 27.5. The van der Waals surface area contributed by atoms with Crippen molar-refractivity contribution in [3.63, 3.8) is 0 Å². The molecule has 40 heavy (non-hydrogen) atoms. The molecule has 1 aliphatic heterocycles. The van der Waals surface area contributed by atoms with Gasteiger partial charge in [0.05, 0.1) is 20.8 Å². The van der Waals surface area contributed by atoms with Crippen LogP contribution >= 0.6 is 0 Å². The van der Waals surface area contributed by atoms with Crippen LogP contribution in [0.25, 0.3) is 0 Å². The lowest BCUT2D eigenvalue weighted by Crippen LogP contribution is -2.51. The molecular formula is C29H39N3O8. The lowest BCUT2D eigenvalue weighted by molar-refractivity contribution is -0.155. The summed E-state index contributed by atoms with van der Waals surface area (Å²) in [6.45, 7) is 6.07. The van der Waals surface area contributed by atoms with Crippen LogP contribution in [0.2, 0.25) is 0 Å². The molecule has 1 aliphatic rings. The molecule has 1 heterocycles. The summed E-state index contributed by atoms with van der Waals surface area (Å²) in [5, 5.41) is 8.93. The van der Waals surface area contributed by atoms with Crippen LogP contribution in [0.5, 0.6) is 17.2 Å². The fraction of sp³-hybridized carbons (Fsp3) is 0.483. The van der Waals surface area contributed by atoms with E-state index in [9.17, 15) is 9.59 Å². The molecule has 218 valence electrons. The smallest absolute Gasteiger partial charge is 0.306 e. The van der Waals surface area contributed by atoms with Crippen LogP contribution < -0.4 is 25.1 Å². The molecule has 2 aromatic rings. The van der Waals surface area contributed by atoms with E-state index in [1.807, 2.05) is 12.1 Å². The second kappa shape index (κ2) is 14.0. The van der Waals surface area contributed by atoms with E-state index in [2.05, 4.69) is 15.8 Å². The van der Waals surface area contributed by atoms with E-state index in [0.717, 1.165) is 5.56 Å². The van der Waals surface area contributed by atoms with E-state index in [1.165, 1.54) is 0 Å². The van der Waals surface area contributed by atoms with E-state index in [1.54, 1.807) is 65.3 Å². The van der Waals surface area contributed by atoms with Gasteiger partial charge >= 0.3 is 5.97 Å². The van der Waals surface area contributed by atoms with Crippen LogP contribution in [0.4, 0.5) is 0 Å². The SMILES string of the molecule is COc1cc(CNNC(=O)[C@]2(CCC(=O)OC(C)(C)C)COC(c3ccc(OCCCO)cc3)=N2)cc(OC)c1. The molecule has 1 atom stereocenters. The van der Waals surface area contributed by atoms with Crippen molar-refractivity contribution < 1.29 is 38.4 Å². The van der Waals surface area contributed by atoms with Gasteiger partial charge in [-0.2, -0.15) is 0 Å². The second-order valence-corrected chi connectivity index (χ2v) is 10.3. The van der Waals surface area contributed by atoms with E-state index in [-0.39, 0.29) is 32.6 Å². The highest BCUT2D eigenvalue weighted by Gasteiger charge is 2.45. The number of amides is 1. The average Bonchev–Trinajstić information content (AvgIpc) is 3.37. The number of esters is 1. The largest absolute Gasteiger partial charge is 0.497 e. The van der Waals surface area contributed by atoms with Crippen molar-refractivity contribution in [3.05, 3.63) is 53.6 Å². The quantitative estimate of drug-likeness (QED) is 0.182. The van der Waals surface area contributed by atoms with Crippen molar-refractivity contribution in [1.82, 2.24) is 10.9 Å². The summed E-state index contributed by atoms with van der Waals surface area (Å²) in [6, 6.07) is 12.5. The Morgan fingerprint density at radius 3 is 2.33 bits per heavy atom. The number of methoxy groups -OCH3 is 2. The van der Waals surface area contributed by atoms with Crippen LogP contribution in [0, 0.1) is 0 Å². The first-order valence-corrected chi connectivity index (χ1v) is 13.1. The van der Waals surface area contributed by atoms with Crippen molar-refractivity contribution >= 4 is 17.8 Å². The number of aliphatic imine (C=N–C) groups is 1. The zero-order chi connectivity index (χ0) is 29.2.